The van der Waals surface area contributed by atoms with Gasteiger partial charge < -0.3 is 5.32 Å². The molecule has 0 aliphatic carbocycles. The minimum absolute atomic E-state index is 0.357. The highest BCUT2D eigenvalue weighted by Gasteiger charge is 2.22. The number of rotatable bonds is 7. The van der Waals surface area contributed by atoms with E-state index in [0.717, 1.165) is 25.1 Å². The Bertz CT molecular complexity index is 507. The van der Waals surface area contributed by atoms with Crippen LogP contribution in [0.4, 0.5) is 0 Å². The molecule has 0 aliphatic heterocycles. The summed E-state index contributed by atoms with van der Waals surface area (Å²) in [6, 6.07) is 11.1. The van der Waals surface area contributed by atoms with Crippen LogP contribution in [0.2, 0.25) is 0 Å². The molecule has 2 heterocycles. The fourth-order valence-electron chi connectivity index (χ4n) is 2.39. The number of nitrogens with zero attached hydrogens (tertiary/aromatic N) is 1. The van der Waals surface area contributed by atoms with Crippen LogP contribution in [0.15, 0.2) is 36.5 Å². The van der Waals surface area contributed by atoms with Gasteiger partial charge in [0.15, 0.2) is 0 Å². The molecule has 0 radical (unpaired) electrons. The van der Waals surface area contributed by atoms with Crippen LogP contribution in [-0.2, 0) is 6.42 Å². The minimum Gasteiger partial charge on any atom is -0.309 e. The van der Waals surface area contributed by atoms with Crippen LogP contribution in [0.25, 0.3) is 0 Å². The largest absolute Gasteiger partial charge is 0.309 e. The Morgan fingerprint density at radius 1 is 1.20 bits per heavy atom. The van der Waals surface area contributed by atoms with Crippen molar-refractivity contribution >= 4 is 11.3 Å². The average Bonchev–Trinajstić information content (AvgIpc) is 2.97. The van der Waals surface area contributed by atoms with Crippen LogP contribution < -0.4 is 5.32 Å². The van der Waals surface area contributed by atoms with Gasteiger partial charge in [0.05, 0.1) is 0 Å². The maximum Gasteiger partial charge on any atom is 0.0496 e. The molecule has 20 heavy (non-hydrogen) atoms. The third-order valence-corrected chi connectivity index (χ3v) is 4.92. The van der Waals surface area contributed by atoms with E-state index >= 15 is 0 Å². The van der Waals surface area contributed by atoms with Crippen molar-refractivity contribution in [2.45, 2.75) is 45.6 Å². The van der Waals surface area contributed by atoms with Gasteiger partial charge >= 0.3 is 0 Å². The molecule has 0 aromatic carbocycles. The van der Waals surface area contributed by atoms with Crippen molar-refractivity contribution in [3.8, 4) is 0 Å². The number of thiophene rings is 1. The van der Waals surface area contributed by atoms with Crippen LogP contribution >= 0.6 is 11.3 Å². The van der Waals surface area contributed by atoms with E-state index in [1.54, 1.807) is 0 Å². The predicted molar refractivity (Wildman–Crippen MR) is 87.4 cm³/mol. The molecule has 2 nitrogen and oxygen atoms in total. The second kappa shape index (κ2) is 7.55. The van der Waals surface area contributed by atoms with E-state index in [2.05, 4.69) is 55.3 Å². The fourth-order valence-corrected chi connectivity index (χ4v) is 3.53. The van der Waals surface area contributed by atoms with Gasteiger partial charge in [0.2, 0.25) is 0 Å². The van der Waals surface area contributed by atoms with Gasteiger partial charge in [-0.3, -0.25) is 4.98 Å². The van der Waals surface area contributed by atoms with Crippen LogP contribution in [0.1, 0.15) is 54.6 Å². The molecular weight excluding hydrogens is 264 g/mol. The van der Waals surface area contributed by atoms with Crippen molar-refractivity contribution in [3.63, 3.8) is 0 Å². The van der Waals surface area contributed by atoms with Gasteiger partial charge in [-0.25, -0.2) is 0 Å². The van der Waals surface area contributed by atoms with Crippen LogP contribution in [0, 0.1) is 0 Å². The molecule has 1 N–H and O–H groups in total. The Balaban J connectivity index is 2.22. The standard InChI is InChI=1S/C17H24N2S/c1-4-11-19-17(16-10-9-14(5-2)20-16)13(3)15-8-6-7-12-18-15/h6-10,12-13,17,19H,4-5,11H2,1-3H3. The van der Waals surface area contributed by atoms with E-state index in [4.69, 9.17) is 0 Å². The first-order valence-corrected chi connectivity index (χ1v) is 8.30. The maximum absolute atomic E-state index is 4.52. The Kier molecular flexibility index (Phi) is 5.74. The van der Waals surface area contributed by atoms with E-state index in [9.17, 15) is 0 Å². The lowest BCUT2D eigenvalue weighted by atomic mass is 9.96. The first-order valence-electron chi connectivity index (χ1n) is 7.49. The average molecular weight is 288 g/mol. The molecule has 2 rings (SSSR count). The van der Waals surface area contributed by atoms with E-state index < -0.39 is 0 Å². The number of aryl methyl sites for hydroxylation is 1. The molecule has 0 spiro atoms. The van der Waals surface area contributed by atoms with Crippen molar-refractivity contribution in [2.75, 3.05) is 6.54 Å². The van der Waals surface area contributed by atoms with Gasteiger partial charge in [-0.05, 0) is 43.7 Å². The van der Waals surface area contributed by atoms with Gasteiger partial charge in [-0.15, -0.1) is 11.3 Å². The van der Waals surface area contributed by atoms with Crippen molar-refractivity contribution in [1.29, 1.82) is 0 Å². The molecule has 108 valence electrons. The second-order valence-corrected chi connectivity index (χ2v) is 6.33. The molecule has 3 heteroatoms. The molecular formula is C17H24N2S. The summed E-state index contributed by atoms with van der Waals surface area (Å²) in [7, 11) is 0. The maximum atomic E-state index is 4.52. The third kappa shape index (κ3) is 3.68. The van der Waals surface area contributed by atoms with Gasteiger partial charge in [-0.1, -0.05) is 26.8 Å². The summed E-state index contributed by atoms with van der Waals surface area (Å²) in [5.74, 6) is 0.381. The van der Waals surface area contributed by atoms with Gasteiger partial charge in [0.1, 0.15) is 0 Å². The number of pyridine rings is 1. The predicted octanol–water partition coefficient (Wildman–Crippen LogP) is 4.55. The van der Waals surface area contributed by atoms with E-state index in [1.807, 2.05) is 23.6 Å². The molecule has 0 fully saturated rings. The van der Waals surface area contributed by atoms with Gasteiger partial charge in [0, 0.05) is 33.6 Å². The third-order valence-electron chi connectivity index (χ3n) is 3.61. The summed E-state index contributed by atoms with van der Waals surface area (Å²) >= 11 is 1.92. The van der Waals surface area contributed by atoms with E-state index in [0.29, 0.717) is 12.0 Å². The zero-order valence-corrected chi connectivity index (χ0v) is 13.4. The summed E-state index contributed by atoms with van der Waals surface area (Å²) in [4.78, 5) is 7.40. The quantitative estimate of drug-likeness (QED) is 0.808. The summed E-state index contributed by atoms with van der Waals surface area (Å²) < 4.78 is 0. The second-order valence-electron chi connectivity index (χ2n) is 5.13. The normalized spacial score (nSPS) is 14.2. The smallest absolute Gasteiger partial charge is 0.0496 e. The first-order chi connectivity index (χ1) is 9.76. The molecule has 0 bridgehead atoms. The van der Waals surface area contributed by atoms with Crippen LogP contribution in [-0.4, -0.2) is 11.5 Å². The molecule has 2 aromatic heterocycles. The van der Waals surface area contributed by atoms with Gasteiger partial charge in [0.25, 0.3) is 0 Å². The Labute approximate surface area is 126 Å². The number of hydrogen-bond acceptors (Lipinski definition) is 3. The summed E-state index contributed by atoms with van der Waals surface area (Å²) in [6.07, 6.45) is 4.15. The lowest BCUT2D eigenvalue weighted by molar-refractivity contribution is 0.466. The van der Waals surface area contributed by atoms with Crippen molar-refractivity contribution < 1.29 is 0 Å². The summed E-state index contributed by atoms with van der Waals surface area (Å²) in [5.41, 5.74) is 1.16. The highest BCUT2D eigenvalue weighted by atomic mass is 32.1. The molecule has 2 aromatic rings. The summed E-state index contributed by atoms with van der Waals surface area (Å²) in [5, 5.41) is 3.69. The highest BCUT2D eigenvalue weighted by Crippen LogP contribution is 2.33. The molecule has 0 amide bonds. The van der Waals surface area contributed by atoms with Crippen molar-refractivity contribution in [2.24, 2.45) is 0 Å². The number of hydrogen-bond donors (Lipinski definition) is 1. The topological polar surface area (TPSA) is 24.9 Å². The monoisotopic (exact) mass is 288 g/mol. The summed E-state index contributed by atoms with van der Waals surface area (Å²) in [6.45, 7) is 7.73. The lowest BCUT2D eigenvalue weighted by Crippen LogP contribution is -2.26. The van der Waals surface area contributed by atoms with Crippen LogP contribution in [0.5, 0.6) is 0 Å². The molecule has 0 saturated carbocycles. The number of nitrogens with one attached hydrogen (secondary N) is 1. The Morgan fingerprint density at radius 2 is 2.05 bits per heavy atom. The highest BCUT2D eigenvalue weighted by molar-refractivity contribution is 7.12. The molecule has 0 aliphatic rings. The SMILES string of the molecule is CCCNC(c1ccc(CC)s1)C(C)c1ccccn1. The fraction of sp³-hybridized carbons (Fsp3) is 0.471. The first kappa shape index (κ1) is 15.2. The molecule has 2 atom stereocenters. The molecule has 0 saturated heterocycles. The zero-order chi connectivity index (χ0) is 14.4. The Morgan fingerprint density at radius 3 is 2.65 bits per heavy atom. The number of aromatic nitrogens is 1. The minimum atomic E-state index is 0.357. The molecule has 2 unspecified atom stereocenters. The van der Waals surface area contributed by atoms with E-state index in [1.165, 1.54) is 9.75 Å². The van der Waals surface area contributed by atoms with Crippen LogP contribution in [0.3, 0.4) is 0 Å². The van der Waals surface area contributed by atoms with Gasteiger partial charge in [-0.2, -0.15) is 0 Å². The zero-order valence-electron chi connectivity index (χ0n) is 12.6. The Hall–Kier alpha value is -1.19. The van der Waals surface area contributed by atoms with Crippen molar-refractivity contribution in [1.82, 2.24) is 10.3 Å². The van der Waals surface area contributed by atoms with Crippen molar-refractivity contribution in [3.05, 3.63) is 52.0 Å². The lowest BCUT2D eigenvalue weighted by Gasteiger charge is -2.24. The van der Waals surface area contributed by atoms with E-state index in [-0.39, 0.29) is 0 Å².